The minimum Gasteiger partial charge on any atom is -0.448 e. The fraction of sp³-hybridized carbons (Fsp3) is 0.250. The molecule has 33 heavy (non-hydrogen) atoms. The highest BCUT2D eigenvalue weighted by Crippen LogP contribution is 2.45. The quantitative estimate of drug-likeness (QED) is 0.379. The van der Waals surface area contributed by atoms with Crippen LogP contribution >= 0.6 is 15.9 Å². The fourth-order valence-corrected chi connectivity index (χ4v) is 6.20. The number of fused-ring (bicyclic) bond motifs is 5. The summed E-state index contributed by atoms with van der Waals surface area (Å²) in [5.41, 5.74) is 6.86. The highest BCUT2D eigenvalue weighted by atomic mass is 79.9. The zero-order chi connectivity index (χ0) is 22.5. The molecule has 1 aliphatic carbocycles. The number of rotatable bonds is 3. The SMILES string of the molecule is O=C(OCC1c2ccccc2-c2ccccc21)N1C2C=C(c3cc(F)cc(Br)c3)CC1CC2. The van der Waals surface area contributed by atoms with Gasteiger partial charge in [-0.25, -0.2) is 9.18 Å². The molecule has 1 fully saturated rings. The monoisotopic (exact) mass is 503 g/mol. The molecule has 3 aliphatic rings. The number of halogens is 2. The first-order chi connectivity index (χ1) is 16.1. The summed E-state index contributed by atoms with van der Waals surface area (Å²) >= 11 is 3.38. The Hall–Kier alpha value is -2.92. The number of nitrogens with zero attached hydrogens (tertiary/aromatic N) is 1. The topological polar surface area (TPSA) is 29.5 Å². The van der Waals surface area contributed by atoms with E-state index in [9.17, 15) is 9.18 Å². The first-order valence-corrected chi connectivity index (χ1v) is 12.2. The Kier molecular flexibility index (Phi) is 5.10. The minimum atomic E-state index is -0.258. The fourth-order valence-electron chi connectivity index (χ4n) is 5.74. The van der Waals surface area contributed by atoms with Crippen molar-refractivity contribution in [3.05, 3.63) is 99.8 Å². The molecule has 1 amide bonds. The number of benzene rings is 3. The summed E-state index contributed by atoms with van der Waals surface area (Å²) in [6, 6.07) is 21.8. The third-order valence-electron chi connectivity index (χ3n) is 7.18. The van der Waals surface area contributed by atoms with Crippen molar-refractivity contribution in [1.29, 1.82) is 0 Å². The molecular weight excluding hydrogens is 481 g/mol. The van der Waals surface area contributed by atoms with E-state index in [0.29, 0.717) is 6.61 Å². The number of amides is 1. The summed E-state index contributed by atoms with van der Waals surface area (Å²) in [6.07, 6.45) is 4.43. The van der Waals surface area contributed by atoms with Crippen LogP contribution in [0.25, 0.3) is 16.7 Å². The average Bonchev–Trinajstić information content (AvgIpc) is 3.27. The molecule has 166 valence electrons. The van der Waals surface area contributed by atoms with Crippen molar-refractivity contribution in [2.75, 3.05) is 6.61 Å². The second kappa shape index (κ2) is 8.14. The van der Waals surface area contributed by atoms with E-state index in [-0.39, 0.29) is 29.9 Å². The molecular formula is C28H23BrFNO2. The van der Waals surface area contributed by atoms with E-state index in [4.69, 9.17) is 4.74 Å². The molecule has 3 aromatic rings. The number of hydrogen-bond acceptors (Lipinski definition) is 2. The van der Waals surface area contributed by atoms with Crippen LogP contribution in [0, 0.1) is 5.82 Å². The predicted molar refractivity (Wildman–Crippen MR) is 130 cm³/mol. The molecule has 6 rings (SSSR count). The van der Waals surface area contributed by atoms with Gasteiger partial charge in [0.2, 0.25) is 0 Å². The van der Waals surface area contributed by atoms with Crippen LogP contribution in [0.3, 0.4) is 0 Å². The minimum absolute atomic E-state index is 0.00329. The van der Waals surface area contributed by atoms with Gasteiger partial charge in [0.25, 0.3) is 0 Å². The van der Waals surface area contributed by atoms with E-state index >= 15 is 0 Å². The zero-order valence-corrected chi connectivity index (χ0v) is 19.6. The van der Waals surface area contributed by atoms with Gasteiger partial charge in [0.05, 0.1) is 6.04 Å². The number of carbonyl (C=O) groups excluding carboxylic acids is 1. The predicted octanol–water partition coefficient (Wildman–Crippen LogP) is 7.16. The van der Waals surface area contributed by atoms with E-state index in [0.717, 1.165) is 34.9 Å². The van der Waals surface area contributed by atoms with Crippen molar-refractivity contribution in [3.8, 4) is 11.1 Å². The first-order valence-electron chi connectivity index (χ1n) is 11.4. The summed E-state index contributed by atoms with van der Waals surface area (Å²) in [5.74, 6) is -0.203. The van der Waals surface area contributed by atoms with E-state index in [1.54, 1.807) is 6.07 Å². The highest BCUT2D eigenvalue weighted by molar-refractivity contribution is 9.10. The van der Waals surface area contributed by atoms with Crippen molar-refractivity contribution in [2.45, 2.75) is 37.3 Å². The van der Waals surface area contributed by atoms with Crippen molar-refractivity contribution in [2.24, 2.45) is 0 Å². The number of carbonyl (C=O) groups is 1. The van der Waals surface area contributed by atoms with Gasteiger partial charge in [-0.1, -0.05) is 70.5 Å². The normalized spacial score (nSPS) is 20.9. The van der Waals surface area contributed by atoms with Gasteiger partial charge in [0.15, 0.2) is 0 Å². The van der Waals surface area contributed by atoms with Crippen LogP contribution < -0.4 is 0 Å². The van der Waals surface area contributed by atoms with Crippen molar-refractivity contribution < 1.29 is 13.9 Å². The molecule has 3 nitrogen and oxygen atoms in total. The Morgan fingerprint density at radius 3 is 2.36 bits per heavy atom. The van der Waals surface area contributed by atoms with Crippen LogP contribution in [0.5, 0.6) is 0 Å². The Balaban J connectivity index is 1.21. The second-order valence-electron chi connectivity index (χ2n) is 9.06. The molecule has 2 unspecified atom stereocenters. The van der Waals surface area contributed by atoms with Gasteiger partial charge < -0.3 is 4.74 Å². The Bertz CT molecular complexity index is 1220. The van der Waals surface area contributed by atoms with Crippen LogP contribution in [-0.2, 0) is 4.74 Å². The van der Waals surface area contributed by atoms with E-state index < -0.39 is 0 Å². The molecule has 2 bridgehead atoms. The summed E-state index contributed by atoms with van der Waals surface area (Å²) < 4.78 is 20.6. The standard InChI is InChI=1S/C28H23BrFNO2/c29-19-11-17(12-20(30)15-19)18-13-21-9-10-22(14-18)31(21)28(32)33-16-27-25-7-3-1-5-23(25)24-6-2-4-8-26(24)27/h1-8,11-13,15,21-22,27H,9-10,14,16H2. The molecule has 1 saturated heterocycles. The van der Waals surface area contributed by atoms with Gasteiger partial charge in [0, 0.05) is 16.4 Å². The molecule has 0 radical (unpaired) electrons. The van der Waals surface area contributed by atoms with Crippen LogP contribution in [-0.4, -0.2) is 29.7 Å². The van der Waals surface area contributed by atoms with E-state index in [1.807, 2.05) is 23.1 Å². The van der Waals surface area contributed by atoms with E-state index in [1.165, 1.54) is 28.3 Å². The number of ether oxygens (including phenoxy) is 1. The lowest BCUT2D eigenvalue weighted by Gasteiger charge is -2.33. The molecule has 2 atom stereocenters. The lowest BCUT2D eigenvalue weighted by Crippen LogP contribution is -2.43. The molecule has 2 aliphatic heterocycles. The highest BCUT2D eigenvalue weighted by Gasteiger charge is 2.41. The van der Waals surface area contributed by atoms with Gasteiger partial charge in [-0.15, -0.1) is 0 Å². The van der Waals surface area contributed by atoms with Crippen molar-refractivity contribution in [1.82, 2.24) is 4.90 Å². The van der Waals surface area contributed by atoms with Crippen molar-refractivity contribution in [3.63, 3.8) is 0 Å². The average molecular weight is 504 g/mol. The molecule has 5 heteroatoms. The first kappa shape index (κ1) is 20.7. The lowest BCUT2D eigenvalue weighted by molar-refractivity contribution is 0.0866. The van der Waals surface area contributed by atoms with E-state index in [2.05, 4.69) is 58.4 Å². The van der Waals surface area contributed by atoms with Crippen LogP contribution in [0.4, 0.5) is 9.18 Å². The third kappa shape index (κ3) is 3.59. The van der Waals surface area contributed by atoms with Gasteiger partial charge in [-0.3, -0.25) is 4.90 Å². The van der Waals surface area contributed by atoms with Crippen molar-refractivity contribution >= 4 is 27.6 Å². The molecule has 3 aromatic carbocycles. The molecule has 0 N–H and O–H groups in total. The van der Waals surface area contributed by atoms with Crippen LogP contribution in [0.1, 0.15) is 41.9 Å². The number of hydrogen-bond donors (Lipinski definition) is 0. The van der Waals surface area contributed by atoms with Crippen LogP contribution in [0.2, 0.25) is 0 Å². The maximum absolute atomic E-state index is 13.9. The maximum Gasteiger partial charge on any atom is 0.410 e. The summed E-state index contributed by atoms with van der Waals surface area (Å²) in [4.78, 5) is 15.1. The smallest absolute Gasteiger partial charge is 0.410 e. The summed E-state index contributed by atoms with van der Waals surface area (Å²) in [6.45, 7) is 0.330. The largest absolute Gasteiger partial charge is 0.448 e. The molecule has 2 heterocycles. The van der Waals surface area contributed by atoms with Gasteiger partial charge >= 0.3 is 6.09 Å². The lowest BCUT2D eigenvalue weighted by atomic mass is 9.95. The van der Waals surface area contributed by atoms with Gasteiger partial charge in [0.1, 0.15) is 12.4 Å². The molecule has 0 saturated carbocycles. The summed E-state index contributed by atoms with van der Waals surface area (Å²) in [5, 5.41) is 0. The third-order valence-corrected chi connectivity index (χ3v) is 7.63. The van der Waals surface area contributed by atoms with Gasteiger partial charge in [-0.2, -0.15) is 0 Å². The second-order valence-corrected chi connectivity index (χ2v) is 9.98. The Morgan fingerprint density at radius 1 is 1.00 bits per heavy atom. The zero-order valence-electron chi connectivity index (χ0n) is 18.0. The maximum atomic E-state index is 13.9. The Labute approximate surface area is 201 Å². The molecule has 0 aromatic heterocycles. The van der Waals surface area contributed by atoms with Crippen LogP contribution in [0.15, 0.2) is 77.3 Å². The molecule has 0 spiro atoms. The Morgan fingerprint density at radius 2 is 1.70 bits per heavy atom. The van der Waals surface area contributed by atoms with Gasteiger partial charge in [-0.05, 0) is 70.9 Å². The summed E-state index contributed by atoms with van der Waals surface area (Å²) in [7, 11) is 0.